The molecule has 0 amide bonds. The van der Waals surface area contributed by atoms with E-state index in [1.54, 1.807) is 6.20 Å². The Morgan fingerprint density at radius 3 is 2.96 bits per heavy atom. The number of halogens is 1. The predicted octanol–water partition coefficient (Wildman–Crippen LogP) is 4.48. The van der Waals surface area contributed by atoms with E-state index in [1.165, 1.54) is 18.4 Å². The highest BCUT2D eigenvalue weighted by atomic mass is 79.9. The maximum absolute atomic E-state index is 11.8. The van der Waals surface area contributed by atoms with Gasteiger partial charge in [0.2, 0.25) is 0 Å². The van der Waals surface area contributed by atoms with Gasteiger partial charge in [0.25, 0.3) is 0 Å². The van der Waals surface area contributed by atoms with Gasteiger partial charge in [0.05, 0.1) is 18.8 Å². The van der Waals surface area contributed by atoms with Crippen LogP contribution < -0.4 is 5.32 Å². The summed E-state index contributed by atoms with van der Waals surface area (Å²) in [5, 5.41) is 3.38. The van der Waals surface area contributed by atoms with Crippen molar-refractivity contribution in [3.63, 3.8) is 0 Å². The van der Waals surface area contributed by atoms with Crippen molar-refractivity contribution in [2.45, 2.75) is 45.1 Å². The normalized spacial score (nSPS) is 13.6. The Labute approximate surface area is 172 Å². The van der Waals surface area contributed by atoms with E-state index in [4.69, 9.17) is 9.72 Å². The van der Waals surface area contributed by atoms with Gasteiger partial charge in [-0.2, -0.15) is 0 Å². The number of esters is 1. The number of rotatable bonds is 8. The Morgan fingerprint density at radius 1 is 1.36 bits per heavy atom. The van der Waals surface area contributed by atoms with Crippen LogP contribution in [0.1, 0.15) is 48.9 Å². The number of pyridine rings is 2. The van der Waals surface area contributed by atoms with Crippen molar-refractivity contribution in [1.82, 2.24) is 14.4 Å². The third-order valence-corrected chi connectivity index (χ3v) is 5.28. The molecule has 1 aliphatic carbocycles. The van der Waals surface area contributed by atoms with E-state index in [2.05, 4.69) is 49.1 Å². The summed E-state index contributed by atoms with van der Waals surface area (Å²) in [5.74, 6) is 0.484. The summed E-state index contributed by atoms with van der Waals surface area (Å²) in [5.41, 5.74) is 5.30. The highest BCUT2D eigenvalue weighted by molar-refractivity contribution is 9.10. The molecule has 28 heavy (non-hydrogen) atoms. The lowest BCUT2D eigenvalue weighted by Crippen LogP contribution is -2.06. The van der Waals surface area contributed by atoms with Crippen molar-refractivity contribution in [3.8, 4) is 0 Å². The molecule has 0 aromatic carbocycles. The summed E-state index contributed by atoms with van der Waals surface area (Å²) in [6.07, 6.45) is 9.50. The summed E-state index contributed by atoms with van der Waals surface area (Å²) in [4.78, 5) is 20.8. The van der Waals surface area contributed by atoms with E-state index in [0.29, 0.717) is 31.9 Å². The maximum atomic E-state index is 11.8. The molecule has 1 saturated carbocycles. The van der Waals surface area contributed by atoms with Gasteiger partial charge in [-0.15, -0.1) is 0 Å². The van der Waals surface area contributed by atoms with Crippen LogP contribution in [0.15, 0.2) is 41.4 Å². The summed E-state index contributed by atoms with van der Waals surface area (Å²) < 4.78 is 7.98. The molecule has 0 unspecified atom stereocenters. The van der Waals surface area contributed by atoms with Crippen LogP contribution >= 0.6 is 15.9 Å². The van der Waals surface area contributed by atoms with Gasteiger partial charge >= 0.3 is 5.97 Å². The number of hydrogen-bond donors (Lipinski definition) is 1. The van der Waals surface area contributed by atoms with Crippen LogP contribution in [0.3, 0.4) is 0 Å². The number of aryl methyl sites for hydroxylation is 1. The number of nitrogens with one attached hydrogen (secondary N) is 1. The molecule has 0 radical (unpaired) electrons. The summed E-state index contributed by atoms with van der Waals surface area (Å²) in [7, 11) is 0. The average Bonchev–Trinajstić information content (AvgIpc) is 3.44. The van der Waals surface area contributed by atoms with E-state index < -0.39 is 0 Å². The number of nitrogens with zero attached hydrogens (tertiary/aromatic N) is 3. The van der Waals surface area contributed by atoms with E-state index in [-0.39, 0.29) is 5.97 Å². The first-order valence-electron chi connectivity index (χ1n) is 9.64. The molecule has 3 heterocycles. The minimum Gasteiger partial charge on any atom is -0.466 e. The smallest absolute Gasteiger partial charge is 0.306 e. The van der Waals surface area contributed by atoms with Crippen molar-refractivity contribution < 1.29 is 9.53 Å². The summed E-state index contributed by atoms with van der Waals surface area (Å²) in [6, 6.07) is 6.08. The molecule has 146 valence electrons. The number of imidazole rings is 1. The van der Waals surface area contributed by atoms with Gasteiger partial charge in [0.15, 0.2) is 0 Å². The fourth-order valence-electron chi connectivity index (χ4n) is 3.33. The molecule has 6 nitrogen and oxygen atoms in total. The molecular weight excluding hydrogens is 420 g/mol. The highest BCUT2D eigenvalue weighted by Crippen LogP contribution is 2.40. The zero-order chi connectivity index (χ0) is 19.5. The van der Waals surface area contributed by atoms with Gasteiger partial charge in [-0.3, -0.25) is 4.79 Å². The lowest BCUT2D eigenvalue weighted by Gasteiger charge is -2.07. The van der Waals surface area contributed by atoms with Crippen LogP contribution in [0.5, 0.6) is 0 Å². The fourth-order valence-corrected chi connectivity index (χ4v) is 3.69. The molecule has 3 aromatic rings. The van der Waals surface area contributed by atoms with Gasteiger partial charge in [-0.25, -0.2) is 9.97 Å². The number of aromatic nitrogens is 3. The predicted molar refractivity (Wildman–Crippen MR) is 111 cm³/mol. The molecule has 1 aliphatic rings. The number of carbonyl (C=O) groups is 1. The Hall–Kier alpha value is -2.41. The zero-order valence-electron chi connectivity index (χ0n) is 15.8. The van der Waals surface area contributed by atoms with Crippen LogP contribution in [0, 0.1) is 0 Å². The van der Waals surface area contributed by atoms with Gasteiger partial charge in [0, 0.05) is 30.7 Å². The largest absolute Gasteiger partial charge is 0.466 e. The van der Waals surface area contributed by atoms with Gasteiger partial charge in [0.1, 0.15) is 10.3 Å². The fraction of sp³-hybridized carbons (Fsp3) is 0.381. The van der Waals surface area contributed by atoms with Crippen molar-refractivity contribution in [1.29, 1.82) is 0 Å². The number of hydrogen-bond acceptors (Lipinski definition) is 5. The molecule has 0 spiro atoms. The zero-order valence-corrected chi connectivity index (χ0v) is 17.4. The van der Waals surface area contributed by atoms with Crippen molar-refractivity contribution in [2.24, 2.45) is 0 Å². The average molecular weight is 443 g/mol. The Kier molecular flexibility index (Phi) is 5.62. The van der Waals surface area contributed by atoms with Gasteiger partial charge in [-0.1, -0.05) is 6.07 Å². The molecule has 3 aromatic heterocycles. The second-order valence-electron chi connectivity index (χ2n) is 7.06. The lowest BCUT2D eigenvalue weighted by molar-refractivity contribution is -0.143. The van der Waals surface area contributed by atoms with Crippen LogP contribution in [0.4, 0.5) is 5.69 Å². The standard InChI is InChI=1S/C21H23BrN4O2/c1-2-28-20(27)6-5-15-9-16(14-3-4-14)12-26-13-18(25-21(15)26)11-24-17-7-8-23-19(22)10-17/h7-10,12-14H,2-6,11H2,1H3,(H,23,24). The van der Waals surface area contributed by atoms with E-state index in [0.717, 1.165) is 27.2 Å². The lowest BCUT2D eigenvalue weighted by atomic mass is 10.1. The van der Waals surface area contributed by atoms with Crippen LogP contribution in [0.25, 0.3) is 5.65 Å². The quantitative estimate of drug-likeness (QED) is 0.411. The molecular formula is C21H23BrN4O2. The third kappa shape index (κ3) is 4.52. The third-order valence-electron chi connectivity index (χ3n) is 4.85. The number of fused-ring (bicyclic) bond motifs is 1. The topological polar surface area (TPSA) is 68.5 Å². The first-order chi connectivity index (χ1) is 13.6. The molecule has 0 aliphatic heterocycles. The van der Waals surface area contributed by atoms with Crippen LogP contribution in [-0.2, 0) is 22.5 Å². The monoisotopic (exact) mass is 442 g/mol. The second-order valence-corrected chi connectivity index (χ2v) is 7.87. The van der Waals surface area contributed by atoms with Crippen LogP contribution in [0.2, 0.25) is 0 Å². The van der Waals surface area contributed by atoms with Crippen molar-refractivity contribution in [3.05, 3.63) is 58.2 Å². The number of ether oxygens (including phenoxy) is 1. The van der Waals surface area contributed by atoms with Gasteiger partial charge < -0.3 is 14.5 Å². The molecule has 1 N–H and O–H groups in total. The summed E-state index contributed by atoms with van der Waals surface area (Å²) in [6.45, 7) is 2.87. The minimum atomic E-state index is -0.158. The first-order valence-corrected chi connectivity index (χ1v) is 10.4. The number of carbonyl (C=O) groups excluding carboxylic acids is 1. The summed E-state index contributed by atoms with van der Waals surface area (Å²) >= 11 is 3.38. The SMILES string of the molecule is CCOC(=O)CCc1cc(C2CC2)cn2cc(CNc3ccnc(Br)c3)nc12. The Morgan fingerprint density at radius 2 is 2.21 bits per heavy atom. The second kappa shape index (κ2) is 8.31. The van der Waals surface area contributed by atoms with E-state index in [1.807, 2.05) is 19.1 Å². The van der Waals surface area contributed by atoms with E-state index >= 15 is 0 Å². The van der Waals surface area contributed by atoms with Crippen molar-refractivity contribution >= 4 is 33.2 Å². The Bertz CT molecular complexity index is 997. The highest BCUT2D eigenvalue weighted by Gasteiger charge is 2.25. The number of anilines is 1. The minimum absolute atomic E-state index is 0.158. The Balaban J connectivity index is 1.55. The van der Waals surface area contributed by atoms with Crippen LogP contribution in [-0.4, -0.2) is 26.9 Å². The van der Waals surface area contributed by atoms with Crippen molar-refractivity contribution in [2.75, 3.05) is 11.9 Å². The molecule has 0 bridgehead atoms. The van der Waals surface area contributed by atoms with E-state index in [9.17, 15) is 4.79 Å². The van der Waals surface area contributed by atoms with Gasteiger partial charge in [-0.05, 0) is 71.3 Å². The first kappa shape index (κ1) is 18.9. The molecule has 7 heteroatoms. The maximum Gasteiger partial charge on any atom is 0.306 e. The molecule has 4 rings (SSSR count). The molecule has 0 atom stereocenters. The molecule has 0 saturated heterocycles. The molecule has 1 fully saturated rings.